The number of carbonyl (C=O) groups excluding carboxylic acids is 4. The zero-order valence-corrected chi connectivity index (χ0v) is 20.0. The van der Waals surface area contributed by atoms with Gasteiger partial charge in [-0.2, -0.15) is 0 Å². The summed E-state index contributed by atoms with van der Waals surface area (Å²) in [5.74, 6) is -4.02. The molecule has 0 saturated heterocycles. The standard InChI is InChI=1S/C25H31N3O7/c1-15(2)22(28-25(34)35-14-17-8-5-4-6-9-17)20(29)12-16(3)24(33)27-19(13-21(30)31)23(32)18-10-7-11-26-18/h4-6,8-11,15-16,19,22H,7,12-14H2,1-3H3,(H,27,33)(H,28,34)(H,30,31)/t16-,19+,22+/m1/s1. The van der Waals surface area contributed by atoms with E-state index < -0.39 is 48.2 Å². The molecule has 0 bridgehead atoms. The first kappa shape index (κ1) is 27.4. The van der Waals surface area contributed by atoms with Gasteiger partial charge >= 0.3 is 12.1 Å². The van der Waals surface area contributed by atoms with Crippen LogP contribution in [0.2, 0.25) is 0 Å². The molecule has 1 aliphatic heterocycles. The molecule has 1 aromatic rings. The van der Waals surface area contributed by atoms with Gasteiger partial charge in [-0.05, 0) is 17.6 Å². The van der Waals surface area contributed by atoms with Crippen molar-refractivity contribution in [2.45, 2.75) is 58.7 Å². The van der Waals surface area contributed by atoms with Gasteiger partial charge < -0.3 is 20.5 Å². The lowest BCUT2D eigenvalue weighted by molar-refractivity contribution is -0.140. The third kappa shape index (κ3) is 8.80. The molecule has 1 aliphatic rings. The van der Waals surface area contributed by atoms with Crippen LogP contribution in [0.5, 0.6) is 0 Å². The van der Waals surface area contributed by atoms with Gasteiger partial charge in [-0.15, -0.1) is 0 Å². The number of alkyl carbamates (subject to hydrolysis) is 1. The topological polar surface area (TPSA) is 151 Å². The van der Waals surface area contributed by atoms with E-state index in [0.29, 0.717) is 6.42 Å². The van der Waals surface area contributed by atoms with E-state index in [-0.39, 0.29) is 30.4 Å². The van der Waals surface area contributed by atoms with Gasteiger partial charge in [0.05, 0.1) is 12.5 Å². The number of nitrogens with one attached hydrogen (secondary N) is 2. The van der Waals surface area contributed by atoms with Crippen molar-refractivity contribution in [1.29, 1.82) is 0 Å². The van der Waals surface area contributed by atoms with Crippen molar-refractivity contribution in [3.8, 4) is 0 Å². The lowest BCUT2D eigenvalue weighted by atomic mass is 9.92. The van der Waals surface area contributed by atoms with E-state index in [0.717, 1.165) is 5.56 Å². The number of amides is 2. The maximum atomic E-state index is 12.9. The van der Waals surface area contributed by atoms with Gasteiger partial charge in [0.25, 0.3) is 0 Å². The van der Waals surface area contributed by atoms with Gasteiger partial charge in [0, 0.05) is 25.0 Å². The van der Waals surface area contributed by atoms with E-state index in [1.54, 1.807) is 32.1 Å². The second-order valence-electron chi connectivity index (χ2n) is 8.66. The maximum absolute atomic E-state index is 12.9. The van der Waals surface area contributed by atoms with Crippen LogP contribution >= 0.6 is 0 Å². The van der Waals surface area contributed by atoms with Crippen LogP contribution in [0.1, 0.15) is 45.6 Å². The fourth-order valence-electron chi connectivity index (χ4n) is 3.44. The molecule has 0 unspecified atom stereocenters. The molecular formula is C25H31N3O7. The number of carboxylic acids is 1. The highest BCUT2D eigenvalue weighted by molar-refractivity contribution is 6.05. The highest BCUT2D eigenvalue weighted by Gasteiger charge is 2.31. The molecule has 35 heavy (non-hydrogen) atoms. The van der Waals surface area contributed by atoms with Crippen molar-refractivity contribution < 1.29 is 33.8 Å². The number of Topliss-reactive ketones (excluding diaryl/α,β-unsaturated/α-hetero) is 2. The lowest BCUT2D eigenvalue weighted by Crippen LogP contribution is -2.47. The Morgan fingerprint density at radius 1 is 1.03 bits per heavy atom. The monoisotopic (exact) mass is 485 g/mol. The average Bonchev–Trinajstić information content (AvgIpc) is 3.35. The number of benzene rings is 1. The summed E-state index contributed by atoms with van der Waals surface area (Å²) in [5, 5.41) is 14.1. The van der Waals surface area contributed by atoms with Gasteiger partial charge in [-0.3, -0.25) is 24.2 Å². The molecule has 3 atom stereocenters. The van der Waals surface area contributed by atoms with Crippen LogP contribution in [0.3, 0.4) is 0 Å². The number of allylic oxidation sites excluding steroid dienone is 1. The third-order valence-electron chi connectivity index (χ3n) is 5.37. The summed E-state index contributed by atoms with van der Waals surface area (Å²) in [6.07, 6.45) is 1.93. The van der Waals surface area contributed by atoms with Crippen molar-refractivity contribution in [2.24, 2.45) is 16.8 Å². The number of carbonyl (C=O) groups is 5. The largest absolute Gasteiger partial charge is 0.481 e. The molecule has 1 aromatic carbocycles. The molecule has 3 N–H and O–H groups in total. The van der Waals surface area contributed by atoms with Crippen LogP contribution in [0, 0.1) is 11.8 Å². The Balaban J connectivity index is 1.95. The van der Waals surface area contributed by atoms with Crippen molar-refractivity contribution in [3.63, 3.8) is 0 Å². The molecule has 10 nitrogen and oxygen atoms in total. The molecule has 0 fully saturated rings. The minimum absolute atomic E-state index is 0.0456. The van der Waals surface area contributed by atoms with Crippen molar-refractivity contribution >= 4 is 35.8 Å². The summed E-state index contributed by atoms with van der Waals surface area (Å²) in [6, 6.07) is 6.89. The first-order chi connectivity index (χ1) is 16.6. The minimum Gasteiger partial charge on any atom is -0.481 e. The van der Waals surface area contributed by atoms with Crippen molar-refractivity contribution in [1.82, 2.24) is 10.6 Å². The first-order valence-electron chi connectivity index (χ1n) is 11.4. The van der Waals surface area contributed by atoms with Crippen molar-refractivity contribution in [2.75, 3.05) is 0 Å². The fraction of sp³-hybridized carbons (Fsp3) is 0.440. The molecule has 2 rings (SSSR count). The minimum atomic E-state index is -1.30. The van der Waals surface area contributed by atoms with E-state index in [4.69, 9.17) is 9.84 Å². The van der Waals surface area contributed by atoms with Crippen LogP contribution < -0.4 is 10.6 Å². The highest BCUT2D eigenvalue weighted by Crippen LogP contribution is 2.15. The summed E-state index contributed by atoms with van der Waals surface area (Å²) in [7, 11) is 0. The molecule has 1 heterocycles. The molecule has 10 heteroatoms. The summed E-state index contributed by atoms with van der Waals surface area (Å²) in [4.78, 5) is 65.5. The average molecular weight is 486 g/mol. The van der Waals surface area contributed by atoms with E-state index in [2.05, 4.69) is 15.6 Å². The van der Waals surface area contributed by atoms with Crippen LogP contribution in [-0.2, 0) is 30.5 Å². The Labute approximate surface area is 203 Å². The molecule has 2 amide bonds. The Bertz CT molecular complexity index is 1000. The molecule has 0 radical (unpaired) electrons. The predicted molar refractivity (Wildman–Crippen MR) is 128 cm³/mol. The maximum Gasteiger partial charge on any atom is 0.408 e. The van der Waals surface area contributed by atoms with Gasteiger partial charge in [0.2, 0.25) is 11.7 Å². The van der Waals surface area contributed by atoms with Crippen molar-refractivity contribution in [3.05, 3.63) is 47.7 Å². The second kappa shape index (κ2) is 13.2. The zero-order chi connectivity index (χ0) is 26.0. The van der Waals surface area contributed by atoms with E-state index >= 15 is 0 Å². The van der Waals surface area contributed by atoms with Crippen LogP contribution in [-0.4, -0.2) is 52.9 Å². The number of nitrogens with zero attached hydrogens (tertiary/aromatic N) is 1. The number of carboxylic acid groups (broad SMARTS) is 1. The summed E-state index contributed by atoms with van der Waals surface area (Å²) < 4.78 is 5.18. The third-order valence-corrected chi connectivity index (χ3v) is 5.37. The first-order valence-corrected chi connectivity index (χ1v) is 11.4. The Morgan fingerprint density at radius 2 is 1.71 bits per heavy atom. The van der Waals surface area contributed by atoms with Gasteiger partial charge in [-0.25, -0.2) is 4.79 Å². The number of aliphatic imine (C=N–C) groups is 1. The van der Waals surface area contributed by atoms with Gasteiger partial charge in [0.15, 0.2) is 5.78 Å². The van der Waals surface area contributed by atoms with Crippen LogP contribution in [0.4, 0.5) is 4.79 Å². The smallest absolute Gasteiger partial charge is 0.408 e. The SMILES string of the molecule is CC(C)[C@H](NC(=O)OCc1ccccc1)C(=O)C[C@@H](C)C(=O)N[C@@H](CC(=O)O)C(=O)C1=CCC=N1. The van der Waals surface area contributed by atoms with E-state index in [1.165, 1.54) is 13.1 Å². The predicted octanol–water partition coefficient (Wildman–Crippen LogP) is 2.42. The Hall–Kier alpha value is -3.82. The number of rotatable bonds is 13. The highest BCUT2D eigenvalue weighted by atomic mass is 16.5. The molecule has 0 aromatic heterocycles. The molecular weight excluding hydrogens is 454 g/mol. The molecule has 0 saturated carbocycles. The molecule has 188 valence electrons. The summed E-state index contributed by atoms with van der Waals surface area (Å²) >= 11 is 0. The van der Waals surface area contributed by atoms with Crippen LogP contribution in [0.25, 0.3) is 0 Å². The van der Waals surface area contributed by atoms with Gasteiger partial charge in [0.1, 0.15) is 18.3 Å². The second-order valence-corrected chi connectivity index (χ2v) is 8.66. The number of aliphatic carboxylic acids is 1. The summed E-state index contributed by atoms with van der Waals surface area (Å²) in [5.41, 5.74) is 0.892. The number of hydrogen-bond donors (Lipinski definition) is 3. The molecule has 0 aliphatic carbocycles. The zero-order valence-electron chi connectivity index (χ0n) is 20.0. The van der Waals surface area contributed by atoms with Gasteiger partial charge in [-0.1, -0.05) is 51.1 Å². The molecule has 0 spiro atoms. The normalized spacial score (nSPS) is 15.0. The van der Waals surface area contributed by atoms with E-state index in [9.17, 15) is 24.0 Å². The number of hydrogen-bond acceptors (Lipinski definition) is 7. The lowest BCUT2D eigenvalue weighted by Gasteiger charge is -2.23. The summed E-state index contributed by atoms with van der Waals surface area (Å²) in [6.45, 7) is 5.04. The van der Waals surface area contributed by atoms with Crippen LogP contribution in [0.15, 0.2) is 47.1 Å². The number of ketones is 2. The number of ether oxygens (including phenoxy) is 1. The fourth-order valence-corrected chi connectivity index (χ4v) is 3.44. The Morgan fingerprint density at radius 3 is 2.29 bits per heavy atom. The quantitative estimate of drug-likeness (QED) is 0.388. The Kier molecular flexibility index (Phi) is 10.3. The van der Waals surface area contributed by atoms with E-state index in [1.807, 2.05) is 18.2 Å².